The Morgan fingerprint density at radius 2 is 2.12 bits per heavy atom. The molecule has 5 heteroatoms. The van der Waals surface area contributed by atoms with Crippen molar-refractivity contribution in [3.8, 4) is 0 Å². The molecular formula is C11H17N3O2. The van der Waals surface area contributed by atoms with Gasteiger partial charge >= 0.3 is 5.97 Å². The fraction of sp³-hybridized carbons (Fsp3) is 0.545. The van der Waals surface area contributed by atoms with Crippen molar-refractivity contribution in [3.05, 3.63) is 17.6 Å². The Labute approximate surface area is 95.5 Å². The van der Waals surface area contributed by atoms with Gasteiger partial charge < -0.3 is 9.64 Å². The van der Waals surface area contributed by atoms with Crippen LogP contribution in [0.2, 0.25) is 0 Å². The number of hydrogen-bond acceptors (Lipinski definition) is 5. The number of hydrogen-bond donors (Lipinski definition) is 0. The normalized spacial score (nSPS) is 10.0. The summed E-state index contributed by atoms with van der Waals surface area (Å²) in [5.74, 6) is 1.20. The molecule has 88 valence electrons. The molecule has 0 saturated carbocycles. The summed E-state index contributed by atoms with van der Waals surface area (Å²) in [5, 5.41) is 0. The third kappa shape index (κ3) is 3.18. The third-order valence-electron chi connectivity index (χ3n) is 2.21. The molecule has 0 spiro atoms. The maximum Gasteiger partial charge on any atom is 0.325 e. The van der Waals surface area contributed by atoms with E-state index >= 15 is 0 Å². The summed E-state index contributed by atoms with van der Waals surface area (Å²) in [4.78, 5) is 21.6. The summed E-state index contributed by atoms with van der Waals surface area (Å²) in [6.45, 7) is 6.62. The van der Waals surface area contributed by atoms with Gasteiger partial charge in [-0.25, -0.2) is 9.97 Å². The van der Waals surface area contributed by atoms with Crippen LogP contribution in [0.3, 0.4) is 0 Å². The first-order valence-electron chi connectivity index (χ1n) is 5.20. The van der Waals surface area contributed by atoms with Gasteiger partial charge in [-0.3, -0.25) is 4.79 Å². The molecule has 0 aliphatic heterocycles. The van der Waals surface area contributed by atoms with Crippen molar-refractivity contribution in [2.75, 3.05) is 25.1 Å². The van der Waals surface area contributed by atoms with Crippen molar-refractivity contribution in [1.82, 2.24) is 9.97 Å². The highest BCUT2D eigenvalue weighted by molar-refractivity contribution is 5.75. The number of ether oxygens (including phenoxy) is 1. The number of anilines is 1. The van der Waals surface area contributed by atoms with Crippen LogP contribution in [0.4, 0.5) is 5.82 Å². The largest absolute Gasteiger partial charge is 0.468 e. The van der Waals surface area contributed by atoms with Crippen molar-refractivity contribution >= 4 is 11.8 Å². The number of likely N-dealkylation sites (N-methyl/N-ethyl adjacent to an activating group) is 1. The Morgan fingerprint density at radius 3 is 2.62 bits per heavy atom. The number of esters is 1. The van der Waals surface area contributed by atoms with Crippen LogP contribution in [0.5, 0.6) is 0 Å². The van der Waals surface area contributed by atoms with E-state index in [0.717, 1.165) is 11.5 Å². The number of carbonyl (C=O) groups excluding carboxylic acids is 1. The van der Waals surface area contributed by atoms with Gasteiger partial charge in [-0.05, 0) is 20.8 Å². The number of methoxy groups -OCH3 is 1. The minimum absolute atomic E-state index is 0.211. The minimum Gasteiger partial charge on any atom is -0.468 e. The second-order valence-corrected chi connectivity index (χ2v) is 3.51. The maximum absolute atomic E-state index is 11.2. The van der Waals surface area contributed by atoms with Gasteiger partial charge in [0.1, 0.15) is 18.2 Å². The lowest BCUT2D eigenvalue weighted by Crippen LogP contribution is -2.31. The molecule has 0 N–H and O–H groups in total. The predicted octanol–water partition coefficient (Wildman–Crippen LogP) is 1.09. The zero-order valence-electron chi connectivity index (χ0n) is 10.1. The maximum atomic E-state index is 11.2. The number of rotatable bonds is 4. The van der Waals surface area contributed by atoms with E-state index in [-0.39, 0.29) is 12.5 Å². The van der Waals surface area contributed by atoms with Gasteiger partial charge in [-0.1, -0.05) is 0 Å². The number of carbonyl (C=O) groups is 1. The summed E-state index contributed by atoms with van der Waals surface area (Å²) >= 11 is 0. The van der Waals surface area contributed by atoms with Crippen molar-refractivity contribution in [3.63, 3.8) is 0 Å². The quantitative estimate of drug-likeness (QED) is 0.715. The highest BCUT2D eigenvalue weighted by atomic mass is 16.5. The van der Waals surface area contributed by atoms with Crippen molar-refractivity contribution in [2.24, 2.45) is 0 Å². The molecule has 5 nitrogen and oxygen atoms in total. The van der Waals surface area contributed by atoms with E-state index in [1.54, 1.807) is 0 Å². The Kier molecular flexibility index (Phi) is 4.22. The summed E-state index contributed by atoms with van der Waals surface area (Å²) in [6.07, 6.45) is 0. The van der Waals surface area contributed by atoms with Crippen LogP contribution in [0.1, 0.15) is 18.4 Å². The molecule has 0 unspecified atom stereocenters. The molecule has 1 heterocycles. The second kappa shape index (κ2) is 5.44. The van der Waals surface area contributed by atoms with E-state index in [4.69, 9.17) is 0 Å². The number of aromatic nitrogens is 2. The first-order chi connectivity index (χ1) is 7.56. The smallest absolute Gasteiger partial charge is 0.325 e. The molecule has 16 heavy (non-hydrogen) atoms. The zero-order chi connectivity index (χ0) is 12.1. The standard InChI is InChI=1S/C11H17N3O2/c1-5-14(7-11(15)16-4)10-6-8(2)12-9(3)13-10/h6H,5,7H2,1-4H3. The zero-order valence-corrected chi connectivity index (χ0v) is 10.1. The molecule has 0 aliphatic carbocycles. The highest BCUT2D eigenvalue weighted by Crippen LogP contribution is 2.11. The molecular weight excluding hydrogens is 206 g/mol. The average Bonchev–Trinajstić information content (AvgIpc) is 2.24. The highest BCUT2D eigenvalue weighted by Gasteiger charge is 2.12. The van der Waals surface area contributed by atoms with Crippen LogP contribution in [0.25, 0.3) is 0 Å². The minimum atomic E-state index is -0.268. The predicted molar refractivity (Wildman–Crippen MR) is 61.4 cm³/mol. The van der Waals surface area contributed by atoms with Crippen LogP contribution in [0.15, 0.2) is 6.07 Å². The summed E-state index contributed by atoms with van der Waals surface area (Å²) in [5.41, 5.74) is 0.894. The molecule has 0 aliphatic rings. The van der Waals surface area contributed by atoms with E-state index in [1.165, 1.54) is 7.11 Å². The first kappa shape index (κ1) is 12.4. The van der Waals surface area contributed by atoms with Crippen LogP contribution in [0, 0.1) is 13.8 Å². The summed E-state index contributed by atoms with van der Waals surface area (Å²) in [7, 11) is 1.38. The summed E-state index contributed by atoms with van der Waals surface area (Å²) < 4.78 is 4.64. The Hall–Kier alpha value is -1.65. The lowest BCUT2D eigenvalue weighted by atomic mass is 10.3. The molecule has 1 aromatic heterocycles. The van der Waals surface area contributed by atoms with Crippen LogP contribution >= 0.6 is 0 Å². The average molecular weight is 223 g/mol. The summed E-state index contributed by atoms with van der Waals surface area (Å²) in [6, 6.07) is 1.86. The third-order valence-corrected chi connectivity index (χ3v) is 2.21. The number of aryl methyl sites for hydroxylation is 2. The van der Waals surface area contributed by atoms with Gasteiger partial charge in [0.05, 0.1) is 7.11 Å². The molecule has 0 radical (unpaired) electrons. The fourth-order valence-electron chi connectivity index (χ4n) is 1.43. The second-order valence-electron chi connectivity index (χ2n) is 3.51. The first-order valence-corrected chi connectivity index (χ1v) is 5.20. The van der Waals surface area contributed by atoms with Gasteiger partial charge in [0.15, 0.2) is 0 Å². The molecule has 0 aromatic carbocycles. The van der Waals surface area contributed by atoms with Gasteiger partial charge in [0.2, 0.25) is 0 Å². The van der Waals surface area contributed by atoms with E-state index in [2.05, 4.69) is 14.7 Å². The van der Waals surface area contributed by atoms with E-state index < -0.39 is 0 Å². The fourth-order valence-corrected chi connectivity index (χ4v) is 1.43. The van der Waals surface area contributed by atoms with Gasteiger partial charge in [0, 0.05) is 18.3 Å². The molecule has 0 amide bonds. The molecule has 0 atom stereocenters. The van der Waals surface area contributed by atoms with E-state index in [9.17, 15) is 4.79 Å². The molecule has 1 aromatic rings. The lowest BCUT2D eigenvalue weighted by Gasteiger charge is -2.20. The Balaban J connectivity index is 2.90. The Morgan fingerprint density at radius 1 is 1.44 bits per heavy atom. The van der Waals surface area contributed by atoms with Crippen LogP contribution in [-0.2, 0) is 9.53 Å². The monoisotopic (exact) mass is 223 g/mol. The van der Waals surface area contributed by atoms with E-state index in [1.807, 2.05) is 31.7 Å². The molecule has 0 bridgehead atoms. The molecule has 1 rings (SSSR count). The van der Waals surface area contributed by atoms with Crippen molar-refractivity contribution < 1.29 is 9.53 Å². The number of nitrogens with zero attached hydrogens (tertiary/aromatic N) is 3. The molecule has 0 fully saturated rings. The van der Waals surface area contributed by atoms with Crippen LogP contribution < -0.4 is 4.90 Å². The van der Waals surface area contributed by atoms with Gasteiger partial charge in [-0.2, -0.15) is 0 Å². The molecule has 0 saturated heterocycles. The van der Waals surface area contributed by atoms with Gasteiger partial charge in [0.25, 0.3) is 0 Å². The topological polar surface area (TPSA) is 55.3 Å². The van der Waals surface area contributed by atoms with Crippen LogP contribution in [-0.4, -0.2) is 36.1 Å². The SMILES string of the molecule is CCN(CC(=O)OC)c1cc(C)nc(C)n1. The Bertz CT molecular complexity index is 359. The van der Waals surface area contributed by atoms with Gasteiger partial charge in [-0.15, -0.1) is 0 Å². The van der Waals surface area contributed by atoms with E-state index in [0.29, 0.717) is 12.4 Å². The lowest BCUT2D eigenvalue weighted by molar-refractivity contribution is -0.138. The van der Waals surface area contributed by atoms with Crippen molar-refractivity contribution in [1.29, 1.82) is 0 Å². The van der Waals surface area contributed by atoms with Crippen molar-refractivity contribution in [2.45, 2.75) is 20.8 Å².